The molecule has 1 N–H and O–H groups in total. The van der Waals surface area contributed by atoms with Gasteiger partial charge in [0.1, 0.15) is 0 Å². The molecule has 0 aromatic rings. The number of likely N-dealkylation sites (tertiary alicyclic amines) is 1. The van der Waals surface area contributed by atoms with Crippen LogP contribution in [-0.4, -0.2) is 35.3 Å². The van der Waals surface area contributed by atoms with Crippen LogP contribution in [0.5, 0.6) is 0 Å². The van der Waals surface area contributed by atoms with Crippen LogP contribution in [0.2, 0.25) is 0 Å². The van der Waals surface area contributed by atoms with Gasteiger partial charge in [0, 0.05) is 25.4 Å². The predicted octanol–water partition coefficient (Wildman–Crippen LogP) is 1.16. The molecule has 0 bridgehead atoms. The van der Waals surface area contributed by atoms with Gasteiger partial charge in [-0.25, -0.2) is 0 Å². The zero-order valence-electron chi connectivity index (χ0n) is 10.6. The third-order valence-electron chi connectivity index (χ3n) is 2.74. The molecule has 1 unspecified atom stereocenters. The predicted molar refractivity (Wildman–Crippen MR) is 62.9 cm³/mol. The maximum atomic E-state index is 11.6. The van der Waals surface area contributed by atoms with E-state index < -0.39 is 0 Å². The van der Waals surface area contributed by atoms with E-state index in [-0.39, 0.29) is 23.9 Å². The lowest BCUT2D eigenvalue weighted by atomic mass is 10.1. The van der Waals surface area contributed by atoms with Gasteiger partial charge in [0.15, 0.2) is 0 Å². The molecule has 4 nitrogen and oxygen atoms in total. The van der Waals surface area contributed by atoms with Crippen molar-refractivity contribution in [2.45, 2.75) is 52.6 Å². The van der Waals surface area contributed by atoms with E-state index in [1.165, 1.54) is 0 Å². The highest BCUT2D eigenvalue weighted by Crippen LogP contribution is 2.14. The number of carbonyl (C=O) groups excluding carboxylic acids is 2. The largest absolute Gasteiger partial charge is 0.351 e. The van der Waals surface area contributed by atoms with Gasteiger partial charge in [0.25, 0.3) is 0 Å². The van der Waals surface area contributed by atoms with Crippen molar-refractivity contribution in [3.05, 3.63) is 0 Å². The van der Waals surface area contributed by atoms with Gasteiger partial charge < -0.3 is 10.2 Å². The molecule has 0 aliphatic carbocycles. The molecule has 1 aliphatic heterocycles. The smallest absolute Gasteiger partial charge is 0.225 e. The Balaban J connectivity index is 2.41. The normalized spacial score (nSPS) is 21.0. The van der Waals surface area contributed by atoms with E-state index in [1.807, 2.05) is 32.6 Å². The average molecular weight is 226 g/mol. The Morgan fingerprint density at radius 2 is 2.06 bits per heavy atom. The first-order valence-corrected chi connectivity index (χ1v) is 5.99. The minimum atomic E-state index is 0.00106. The molecule has 92 valence electrons. The first-order valence-electron chi connectivity index (χ1n) is 5.99. The van der Waals surface area contributed by atoms with E-state index >= 15 is 0 Å². The topological polar surface area (TPSA) is 49.4 Å². The lowest BCUT2D eigenvalue weighted by molar-refractivity contribution is -0.129. The summed E-state index contributed by atoms with van der Waals surface area (Å²) in [6.07, 6.45) is 0.981. The third kappa shape index (κ3) is 3.51. The van der Waals surface area contributed by atoms with Crippen LogP contribution in [0.3, 0.4) is 0 Å². The number of carbonyl (C=O) groups is 2. The van der Waals surface area contributed by atoms with Crippen molar-refractivity contribution in [3.8, 4) is 0 Å². The summed E-state index contributed by atoms with van der Waals surface area (Å²) in [7, 11) is 0. The highest BCUT2D eigenvalue weighted by molar-refractivity contribution is 5.82. The third-order valence-corrected chi connectivity index (χ3v) is 2.74. The maximum absolute atomic E-state index is 11.6. The average Bonchev–Trinajstić information content (AvgIpc) is 2.44. The molecule has 2 amide bonds. The number of nitrogens with zero attached hydrogens (tertiary/aromatic N) is 1. The summed E-state index contributed by atoms with van der Waals surface area (Å²) in [4.78, 5) is 25.0. The van der Waals surface area contributed by atoms with Crippen molar-refractivity contribution in [2.75, 3.05) is 6.54 Å². The fourth-order valence-corrected chi connectivity index (χ4v) is 1.98. The van der Waals surface area contributed by atoms with Crippen LogP contribution in [-0.2, 0) is 9.59 Å². The van der Waals surface area contributed by atoms with E-state index in [4.69, 9.17) is 0 Å². The van der Waals surface area contributed by atoms with Gasteiger partial charge in [-0.15, -0.1) is 0 Å². The quantitative estimate of drug-likeness (QED) is 0.782. The van der Waals surface area contributed by atoms with Gasteiger partial charge in [-0.1, -0.05) is 13.8 Å². The van der Waals surface area contributed by atoms with Crippen LogP contribution in [0.15, 0.2) is 0 Å². The first kappa shape index (κ1) is 13.0. The van der Waals surface area contributed by atoms with Crippen LogP contribution in [0.1, 0.15) is 40.5 Å². The summed E-state index contributed by atoms with van der Waals surface area (Å²) >= 11 is 0. The summed E-state index contributed by atoms with van der Waals surface area (Å²) in [6.45, 7) is 8.67. The van der Waals surface area contributed by atoms with E-state index in [1.54, 1.807) is 0 Å². The van der Waals surface area contributed by atoms with Gasteiger partial charge >= 0.3 is 0 Å². The molecular weight excluding hydrogens is 204 g/mol. The molecule has 0 spiro atoms. The summed E-state index contributed by atoms with van der Waals surface area (Å²) in [5.74, 6) is 0.557. The molecule has 1 atom stereocenters. The Morgan fingerprint density at radius 3 is 2.50 bits per heavy atom. The van der Waals surface area contributed by atoms with Crippen molar-refractivity contribution in [2.24, 2.45) is 5.92 Å². The summed E-state index contributed by atoms with van der Waals surface area (Å²) in [5.41, 5.74) is 0. The fraction of sp³-hybridized carbons (Fsp3) is 0.833. The molecule has 0 aromatic carbocycles. The zero-order valence-corrected chi connectivity index (χ0v) is 10.6. The number of nitrogens with one attached hydrogen (secondary N) is 1. The number of rotatable bonds is 4. The molecule has 1 heterocycles. The zero-order chi connectivity index (χ0) is 12.3. The molecule has 0 radical (unpaired) electrons. The molecule has 4 heteroatoms. The van der Waals surface area contributed by atoms with Gasteiger partial charge in [0.2, 0.25) is 11.8 Å². The van der Waals surface area contributed by atoms with Crippen LogP contribution < -0.4 is 5.32 Å². The highest BCUT2D eigenvalue weighted by Gasteiger charge is 2.31. The minimum absolute atomic E-state index is 0.00106. The number of hydrogen-bond donors (Lipinski definition) is 1. The summed E-state index contributed by atoms with van der Waals surface area (Å²) in [5, 5.41) is 2.92. The van der Waals surface area contributed by atoms with Gasteiger partial charge in [-0.3, -0.25) is 9.59 Å². The van der Waals surface area contributed by atoms with Crippen LogP contribution in [0.4, 0.5) is 0 Å². The lowest BCUT2D eigenvalue weighted by Gasteiger charge is -2.21. The van der Waals surface area contributed by atoms with Gasteiger partial charge in [-0.2, -0.15) is 0 Å². The SMILES string of the molecule is CC(C)CC(=O)NC1CC(=O)N(C(C)C)C1. The second-order valence-corrected chi connectivity index (χ2v) is 5.21. The van der Waals surface area contributed by atoms with Crippen LogP contribution in [0.25, 0.3) is 0 Å². The highest BCUT2D eigenvalue weighted by atomic mass is 16.2. The van der Waals surface area contributed by atoms with Crippen molar-refractivity contribution < 1.29 is 9.59 Å². The Labute approximate surface area is 97.4 Å². The van der Waals surface area contributed by atoms with Gasteiger partial charge in [-0.05, 0) is 19.8 Å². The Kier molecular flexibility index (Phi) is 4.33. The molecule has 1 aliphatic rings. The van der Waals surface area contributed by atoms with E-state index in [0.29, 0.717) is 25.3 Å². The van der Waals surface area contributed by atoms with Crippen LogP contribution in [0, 0.1) is 5.92 Å². The monoisotopic (exact) mass is 226 g/mol. The van der Waals surface area contributed by atoms with Crippen LogP contribution >= 0.6 is 0 Å². The Morgan fingerprint density at radius 1 is 1.44 bits per heavy atom. The molecule has 16 heavy (non-hydrogen) atoms. The number of hydrogen-bond acceptors (Lipinski definition) is 2. The van der Waals surface area contributed by atoms with E-state index in [0.717, 1.165) is 0 Å². The first-order chi connectivity index (χ1) is 7.40. The van der Waals surface area contributed by atoms with E-state index in [2.05, 4.69) is 5.32 Å². The van der Waals surface area contributed by atoms with E-state index in [9.17, 15) is 9.59 Å². The summed E-state index contributed by atoms with van der Waals surface area (Å²) in [6, 6.07) is 0.223. The van der Waals surface area contributed by atoms with Crippen molar-refractivity contribution >= 4 is 11.8 Å². The molecule has 1 rings (SSSR count). The standard InChI is InChI=1S/C12H22N2O2/c1-8(2)5-11(15)13-10-6-12(16)14(7-10)9(3)4/h8-10H,5-7H2,1-4H3,(H,13,15). The molecule has 1 fully saturated rings. The summed E-state index contributed by atoms with van der Waals surface area (Å²) < 4.78 is 0. The maximum Gasteiger partial charge on any atom is 0.225 e. The van der Waals surface area contributed by atoms with Crippen molar-refractivity contribution in [3.63, 3.8) is 0 Å². The van der Waals surface area contributed by atoms with Gasteiger partial charge in [0.05, 0.1) is 6.04 Å². The second-order valence-electron chi connectivity index (χ2n) is 5.21. The van der Waals surface area contributed by atoms with Crippen molar-refractivity contribution in [1.29, 1.82) is 0 Å². The Hall–Kier alpha value is -1.06. The number of amides is 2. The second kappa shape index (κ2) is 5.32. The van der Waals surface area contributed by atoms with Crippen molar-refractivity contribution in [1.82, 2.24) is 10.2 Å². The fourth-order valence-electron chi connectivity index (χ4n) is 1.98. The minimum Gasteiger partial charge on any atom is -0.351 e. The Bertz CT molecular complexity index is 274. The molecule has 0 saturated carbocycles. The molecule has 0 aromatic heterocycles. The molecular formula is C12H22N2O2. The molecule has 1 saturated heterocycles. The lowest BCUT2D eigenvalue weighted by Crippen LogP contribution is -2.39.